The molecule has 0 unspecified atom stereocenters. The van der Waals surface area contributed by atoms with Crippen LogP contribution >= 0.6 is 11.3 Å². The molecule has 0 spiro atoms. The zero-order valence-corrected chi connectivity index (χ0v) is 18.4. The Morgan fingerprint density at radius 1 is 1.18 bits per heavy atom. The summed E-state index contributed by atoms with van der Waals surface area (Å²) >= 11 is 1.18. The third-order valence-corrected chi connectivity index (χ3v) is 5.43. The molecule has 0 radical (unpaired) electrons. The van der Waals surface area contributed by atoms with Crippen LogP contribution in [0.25, 0.3) is 6.08 Å². The second kappa shape index (κ2) is 9.96. The Labute approximate surface area is 193 Å². The molecule has 4 rings (SSSR count). The summed E-state index contributed by atoms with van der Waals surface area (Å²) in [6, 6.07) is 13.4. The molecule has 0 aliphatic rings. The predicted octanol–water partition coefficient (Wildman–Crippen LogP) is 4.26. The van der Waals surface area contributed by atoms with Gasteiger partial charge in [-0.1, -0.05) is 30.3 Å². The number of thiazole rings is 1. The Bertz CT molecular complexity index is 1300. The highest BCUT2D eigenvalue weighted by molar-refractivity contribution is 7.14. The first-order valence-corrected chi connectivity index (χ1v) is 10.8. The molecular weight excluding hydrogens is 443 g/mol. The van der Waals surface area contributed by atoms with Crippen LogP contribution in [0.2, 0.25) is 0 Å². The summed E-state index contributed by atoms with van der Waals surface area (Å²) in [5.41, 5.74) is 2.13. The molecule has 4 aromatic rings. The number of rotatable bonds is 7. The highest BCUT2D eigenvalue weighted by Gasteiger charge is 2.20. The van der Waals surface area contributed by atoms with Gasteiger partial charge in [-0.05, 0) is 29.8 Å². The van der Waals surface area contributed by atoms with E-state index in [1.807, 2.05) is 18.2 Å². The summed E-state index contributed by atoms with van der Waals surface area (Å²) in [5, 5.41) is 8.93. The molecule has 10 heteroatoms. The highest BCUT2D eigenvalue weighted by atomic mass is 32.1. The smallest absolute Gasteiger partial charge is 0.248 e. The molecule has 2 amide bonds. The zero-order valence-electron chi connectivity index (χ0n) is 17.6. The molecule has 0 bridgehead atoms. The summed E-state index contributed by atoms with van der Waals surface area (Å²) in [7, 11) is 0. The average Bonchev–Trinajstić information content (AvgIpc) is 3.47. The van der Waals surface area contributed by atoms with Gasteiger partial charge in [0.25, 0.3) is 0 Å². The second-order valence-corrected chi connectivity index (χ2v) is 7.77. The molecule has 2 aromatic heterocycles. The van der Waals surface area contributed by atoms with E-state index in [0.717, 1.165) is 5.56 Å². The molecule has 2 heterocycles. The van der Waals surface area contributed by atoms with Crippen molar-refractivity contribution in [2.24, 2.45) is 0 Å². The lowest BCUT2D eigenvalue weighted by atomic mass is 10.1. The lowest BCUT2D eigenvalue weighted by Gasteiger charge is -2.18. The maximum Gasteiger partial charge on any atom is 0.248 e. The van der Waals surface area contributed by atoms with Gasteiger partial charge in [-0.3, -0.25) is 14.5 Å². The number of carbonyl (C=O) groups excluding carboxylic acids is 2. The van der Waals surface area contributed by atoms with Crippen molar-refractivity contribution in [3.8, 4) is 0 Å². The Morgan fingerprint density at radius 3 is 2.73 bits per heavy atom. The van der Waals surface area contributed by atoms with Crippen molar-refractivity contribution in [2.45, 2.75) is 13.5 Å². The van der Waals surface area contributed by atoms with Gasteiger partial charge < -0.3 is 5.32 Å². The van der Waals surface area contributed by atoms with Crippen molar-refractivity contribution in [2.75, 3.05) is 10.2 Å². The topological polar surface area (TPSA) is 93.0 Å². The standard InChI is InChI=1S/C23H19FN6O2S/c1-16(31)30(21-9-5-3-7-19(21)24)23-27-18(13-33-23)10-11-22(32)28-20-8-4-2-6-17(20)12-29-15-25-14-26-29/h2-11,13-15H,12H2,1H3,(H,28,32)/b11-10+. The number of nitrogens with zero attached hydrogens (tertiary/aromatic N) is 5. The minimum Gasteiger partial charge on any atom is -0.322 e. The number of benzene rings is 2. The van der Waals surface area contributed by atoms with Crippen LogP contribution in [0.4, 0.5) is 20.9 Å². The van der Waals surface area contributed by atoms with Crippen molar-refractivity contribution >= 4 is 45.7 Å². The molecule has 1 N–H and O–H groups in total. The van der Waals surface area contributed by atoms with E-state index in [9.17, 15) is 14.0 Å². The molecule has 0 atom stereocenters. The Kier molecular flexibility index (Phi) is 6.65. The van der Waals surface area contributed by atoms with Crippen molar-refractivity contribution in [3.05, 3.63) is 89.7 Å². The number of para-hydroxylation sites is 2. The minimum atomic E-state index is -0.524. The van der Waals surface area contributed by atoms with E-state index in [1.54, 1.807) is 34.6 Å². The van der Waals surface area contributed by atoms with Crippen LogP contribution < -0.4 is 10.2 Å². The Hall–Kier alpha value is -4.18. The van der Waals surface area contributed by atoms with Crippen LogP contribution in [-0.2, 0) is 16.1 Å². The van der Waals surface area contributed by atoms with Crippen molar-refractivity contribution in [1.29, 1.82) is 0 Å². The maximum atomic E-state index is 14.2. The van der Waals surface area contributed by atoms with E-state index in [1.165, 1.54) is 53.8 Å². The number of carbonyl (C=O) groups is 2. The predicted molar refractivity (Wildman–Crippen MR) is 125 cm³/mol. The van der Waals surface area contributed by atoms with Crippen molar-refractivity contribution in [1.82, 2.24) is 19.7 Å². The molecule has 8 nitrogen and oxygen atoms in total. The summed E-state index contributed by atoms with van der Waals surface area (Å²) in [6.45, 7) is 1.81. The quantitative estimate of drug-likeness (QED) is 0.414. The van der Waals surface area contributed by atoms with Gasteiger partial charge in [0, 0.05) is 24.1 Å². The fourth-order valence-electron chi connectivity index (χ4n) is 3.10. The Balaban J connectivity index is 1.47. The number of hydrogen-bond donors (Lipinski definition) is 1. The van der Waals surface area contributed by atoms with Gasteiger partial charge in [0.1, 0.15) is 18.5 Å². The molecule has 0 fully saturated rings. The molecule has 2 aromatic carbocycles. The zero-order chi connectivity index (χ0) is 23.2. The molecule has 0 saturated heterocycles. The van der Waals surface area contributed by atoms with E-state index >= 15 is 0 Å². The van der Waals surface area contributed by atoms with Crippen LogP contribution in [-0.4, -0.2) is 31.6 Å². The minimum absolute atomic E-state index is 0.122. The van der Waals surface area contributed by atoms with Crippen molar-refractivity contribution < 1.29 is 14.0 Å². The number of anilines is 3. The van der Waals surface area contributed by atoms with Gasteiger partial charge in [0.15, 0.2) is 5.13 Å². The van der Waals surface area contributed by atoms with Crippen LogP contribution in [0, 0.1) is 5.82 Å². The first kappa shape index (κ1) is 22.0. The fraction of sp³-hybridized carbons (Fsp3) is 0.0870. The summed E-state index contributed by atoms with van der Waals surface area (Å²) in [5.74, 6) is -1.23. The van der Waals surface area contributed by atoms with E-state index in [2.05, 4.69) is 20.4 Å². The van der Waals surface area contributed by atoms with E-state index < -0.39 is 5.82 Å². The van der Waals surface area contributed by atoms with Crippen LogP contribution in [0.15, 0.2) is 72.6 Å². The van der Waals surface area contributed by atoms with Crippen LogP contribution in [0.5, 0.6) is 0 Å². The SMILES string of the molecule is CC(=O)N(c1nc(/C=C/C(=O)Nc2ccccc2Cn2cncn2)cs1)c1ccccc1F. The van der Waals surface area contributed by atoms with E-state index in [4.69, 9.17) is 0 Å². The lowest BCUT2D eigenvalue weighted by Crippen LogP contribution is -2.23. The highest BCUT2D eigenvalue weighted by Crippen LogP contribution is 2.31. The molecular formula is C23H19FN6O2S. The third-order valence-electron chi connectivity index (χ3n) is 4.59. The van der Waals surface area contributed by atoms with E-state index in [0.29, 0.717) is 23.1 Å². The largest absolute Gasteiger partial charge is 0.322 e. The molecule has 0 saturated carbocycles. The number of aromatic nitrogens is 4. The van der Waals surface area contributed by atoms with Gasteiger partial charge in [-0.15, -0.1) is 11.3 Å². The van der Waals surface area contributed by atoms with Gasteiger partial charge in [0.2, 0.25) is 11.8 Å². The van der Waals surface area contributed by atoms with E-state index in [-0.39, 0.29) is 17.5 Å². The number of nitrogens with one attached hydrogen (secondary N) is 1. The molecule has 166 valence electrons. The molecule has 33 heavy (non-hydrogen) atoms. The van der Waals surface area contributed by atoms with Gasteiger partial charge in [-0.2, -0.15) is 5.10 Å². The van der Waals surface area contributed by atoms with Crippen molar-refractivity contribution in [3.63, 3.8) is 0 Å². The lowest BCUT2D eigenvalue weighted by molar-refractivity contribution is -0.116. The van der Waals surface area contributed by atoms with Gasteiger partial charge in [0.05, 0.1) is 17.9 Å². The second-order valence-electron chi connectivity index (χ2n) is 6.93. The van der Waals surface area contributed by atoms with Crippen LogP contribution in [0.1, 0.15) is 18.2 Å². The summed E-state index contributed by atoms with van der Waals surface area (Å²) in [6.07, 6.45) is 5.94. The first-order valence-electron chi connectivity index (χ1n) is 9.91. The normalized spacial score (nSPS) is 11.0. The monoisotopic (exact) mass is 462 g/mol. The number of amides is 2. The maximum absolute atomic E-state index is 14.2. The third kappa shape index (κ3) is 5.36. The first-order chi connectivity index (χ1) is 16.0. The average molecular weight is 463 g/mol. The molecule has 0 aliphatic heterocycles. The summed E-state index contributed by atoms with van der Waals surface area (Å²) < 4.78 is 15.9. The van der Waals surface area contributed by atoms with Crippen LogP contribution in [0.3, 0.4) is 0 Å². The summed E-state index contributed by atoms with van der Waals surface area (Å²) in [4.78, 5) is 34.1. The fourth-order valence-corrected chi connectivity index (χ4v) is 3.95. The molecule has 0 aliphatic carbocycles. The number of hydrogen-bond acceptors (Lipinski definition) is 6. The number of halogens is 1. The van der Waals surface area contributed by atoms with Gasteiger partial charge >= 0.3 is 0 Å². The Morgan fingerprint density at radius 2 is 1.97 bits per heavy atom. The van der Waals surface area contributed by atoms with Gasteiger partial charge in [-0.25, -0.2) is 19.0 Å².